The van der Waals surface area contributed by atoms with E-state index >= 15 is 0 Å². The van der Waals surface area contributed by atoms with E-state index < -0.39 is 17.5 Å². The smallest absolute Gasteiger partial charge is 0.354 e. The number of oxime groups is 1. The van der Waals surface area contributed by atoms with Crippen LogP contribution < -0.4 is 0 Å². The van der Waals surface area contributed by atoms with Gasteiger partial charge in [0.25, 0.3) is 0 Å². The Balaban J connectivity index is 1.49. The summed E-state index contributed by atoms with van der Waals surface area (Å²) in [6, 6.07) is 9.79. The maximum atomic E-state index is 12.2. The van der Waals surface area contributed by atoms with Crippen LogP contribution >= 0.6 is 11.6 Å². The Morgan fingerprint density at radius 1 is 1.22 bits per heavy atom. The molecule has 0 aliphatic carbocycles. The Morgan fingerprint density at radius 2 is 2.00 bits per heavy atom. The Kier molecular flexibility index (Phi) is 8.11. The molecular formula is C24H27ClN2O5. The first-order chi connectivity index (χ1) is 15.5. The molecule has 0 bridgehead atoms. The normalized spacial score (nSPS) is 17.8. The number of carbonyl (C=O) groups excluding carboxylic acids is 2. The monoisotopic (exact) mass is 458 g/mol. The van der Waals surface area contributed by atoms with Crippen LogP contribution in [0.3, 0.4) is 0 Å². The summed E-state index contributed by atoms with van der Waals surface area (Å²) in [6.45, 7) is 0. The summed E-state index contributed by atoms with van der Waals surface area (Å²) >= 11 is 6.17. The van der Waals surface area contributed by atoms with Gasteiger partial charge in [0.15, 0.2) is 0 Å². The predicted molar refractivity (Wildman–Crippen MR) is 123 cm³/mol. The predicted octanol–water partition coefficient (Wildman–Crippen LogP) is 4.96. The minimum Gasteiger partial charge on any atom is -0.469 e. The van der Waals surface area contributed by atoms with Crippen molar-refractivity contribution in [3.63, 3.8) is 0 Å². The Bertz CT molecular complexity index is 1000. The van der Waals surface area contributed by atoms with Crippen LogP contribution in [-0.4, -0.2) is 42.0 Å². The average molecular weight is 459 g/mol. The Morgan fingerprint density at radius 3 is 2.72 bits per heavy atom. The van der Waals surface area contributed by atoms with Gasteiger partial charge in [-0.1, -0.05) is 35.0 Å². The van der Waals surface area contributed by atoms with Crippen LogP contribution in [0.15, 0.2) is 54.0 Å². The lowest BCUT2D eigenvalue weighted by Gasteiger charge is -2.22. The number of hydrogen-bond acceptors (Lipinski definition) is 6. The summed E-state index contributed by atoms with van der Waals surface area (Å²) in [5.74, 6) is -1.16. The van der Waals surface area contributed by atoms with Crippen molar-refractivity contribution >= 4 is 35.3 Å². The number of halogens is 1. The summed E-state index contributed by atoms with van der Waals surface area (Å²) in [6.07, 6.45) is 11.6. The van der Waals surface area contributed by atoms with Gasteiger partial charge in [-0.3, -0.25) is 4.79 Å². The zero-order valence-corrected chi connectivity index (χ0v) is 19.0. The van der Waals surface area contributed by atoms with Gasteiger partial charge in [-0.2, -0.15) is 0 Å². The SMILES string of the molecule is COC(=O)CC1(C(=O)OC)CC(CCCC/C=C/c2ccc(Cl)cc2-n2cccc2)=NO1. The Labute approximate surface area is 192 Å². The van der Waals surface area contributed by atoms with Crippen LogP contribution in [-0.2, 0) is 23.9 Å². The number of esters is 2. The van der Waals surface area contributed by atoms with Crippen LogP contribution in [0.2, 0.25) is 5.02 Å². The van der Waals surface area contributed by atoms with Crippen molar-refractivity contribution in [3.8, 4) is 5.69 Å². The quantitative estimate of drug-likeness (QED) is 0.371. The molecule has 1 aliphatic rings. The van der Waals surface area contributed by atoms with Crippen molar-refractivity contribution in [1.82, 2.24) is 4.57 Å². The molecule has 170 valence electrons. The fourth-order valence-corrected chi connectivity index (χ4v) is 3.79. The first kappa shape index (κ1) is 23.6. The summed E-state index contributed by atoms with van der Waals surface area (Å²) in [5.41, 5.74) is 1.45. The molecule has 0 saturated carbocycles. The minimum atomic E-state index is -1.42. The number of methoxy groups -OCH3 is 2. The van der Waals surface area contributed by atoms with Gasteiger partial charge in [-0.25, -0.2) is 4.79 Å². The van der Waals surface area contributed by atoms with Gasteiger partial charge in [-0.05, 0) is 55.5 Å². The van der Waals surface area contributed by atoms with Crippen molar-refractivity contribution in [3.05, 3.63) is 59.4 Å². The molecule has 3 rings (SSSR count). The van der Waals surface area contributed by atoms with Crippen LogP contribution in [0.25, 0.3) is 11.8 Å². The third kappa shape index (κ3) is 5.79. The fraction of sp³-hybridized carbons (Fsp3) is 0.375. The summed E-state index contributed by atoms with van der Waals surface area (Å²) in [5, 5.41) is 4.73. The molecule has 7 nitrogen and oxygen atoms in total. The van der Waals surface area contributed by atoms with E-state index in [0.717, 1.165) is 36.2 Å². The molecule has 0 amide bonds. The molecule has 0 N–H and O–H groups in total. The number of aromatic nitrogens is 1. The van der Waals surface area contributed by atoms with E-state index in [2.05, 4.69) is 22.0 Å². The summed E-state index contributed by atoms with van der Waals surface area (Å²) < 4.78 is 11.5. The van der Waals surface area contributed by atoms with E-state index in [1.165, 1.54) is 14.2 Å². The lowest BCUT2D eigenvalue weighted by molar-refractivity contribution is -0.173. The third-order valence-corrected chi connectivity index (χ3v) is 5.55. The van der Waals surface area contributed by atoms with Gasteiger partial charge >= 0.3 is 11.9 Å². The number of nitrogens with zero attached hydrogens (tertiary/aromatic N) is 2. The number of ether oxygens (including phenoxy) is 2. The van der Waals surface area contributed by atoms with Gasteiger partial charge in [-0.15, -0.1) is 0 Å². The van der Waals surface area contributed by atoms with Crippen molar-refractivity contribution in [2.24, 2.45) is 5.16 Å². The van der Waals surface area contributed by atoms with Crippen LogP contribution in [0.1, 0.15) is 44.1 Å². The first-order valence-electron chi connectivity index (χ1n) is 10.5. The molecular weight excluding hydrogens is 432 g/mol. The number of benzene rings is 1. The highest BCUT2D eigenvalue weighted by atomic mass is 35.5. The van der Waals surface area contributed by atoms with E-state index in [-0.39, 0.29) is 12.8 Å². The maximum absolute atomic E-state index is 12.2. The molecule has 1 atom stereocenters. The molecule has 1 unspecified atom stereocenters. The molecule has 0 saturated heterocycles. The van der Waals surface area contributed by atoms with Gasteiger partial charge in [0.2, 0.25) is 5.60 Å². The molecule has 2 aromatic rings. The number of carbonyl (C=O) groups is 2. The van der Waals surface area contributed by atoms with E-state index in [9.17, 15) is 9.59 Å². The highest BCUT2D eigenvalue weighted by molar-refractivity contribution is 6.30. The fourth-order valence-electron chi connectivity index (χ4n) is 3.63. The number of unbranched alkanes of at least 4 members (excludes halogenated alkanes) is 2. The average Bonchev–Trinajstić information content (AvgIpc) is 3.47. The summed E-state index contributed by atoms with van der Waals surface area (Å²) in [4.78, 5) is 29.2. The highest BCUT2D eigenvalue weighted by Gasteiger charge is 2.49. The van der Waals surface area contributed by atoms with Crippen LogP contribution in [0.4, 0.5) is 0 Å². The largest absolute Gasteiger partial charge is 0.469 e. The van der Waals surface area contributed by atoms with E-state index in [0.29, 0.717) is 11.4 Å². The molecule has 8 heteroatoms. The van der Waals surface area contributed by atoms with E-state index in [4.69, 9.17) is 21.2 Å². The van der Waals surface area contributed by atoms with E-state index in [1.54, 1.807) is 0 Å². The molecule has 2 heterocycles. The van der Waals surface area contributed by atoms with Crippen LogP contribution in [0, 0.1) is 0 Å². The van der Waals surface area contributed by atoms with Crippen molar-refractivity contribution < 1.29 is 23.9 Å². The maximum Gasteiger partial charge on any atom is 0.354 e. The number of hydrogen-bond donors (Lipinski definition) is 0. The molecule has 0 fully saturated rings. The summed E-state index contributed by atoms with van der Waals surface area (Å²) in [7, 11) is 2.53. The van der Waals surface area contributed by atoms with E-state index in [1.807, 2.05) is 47.3 Å². The van der Waals surface area contributed by atoms with Crippen molar-refractivity contribution in [2.75, 3.05) is 14.2 Å². The van der Waals surface area contributed by atoms with Gasteiger partial charge in [0.05, 0.1) is 32.0 Å². The highest BCUT2D eigenvalue weighted by Crippen LogP contribution is 2.31. The zero-order chi connectivity index (χ0) is 23.0. The second-order valence-electron chi connectivity index (χ2n) is 7.61. The minimum absolute atomic E-state index is 0.225. The van der Waals surface area contributed by atoms with Gasteiger partial charge in [0.1, 0.15) is 0 Å². The van der Waals surface area contributed by atoms with Crippen LogP contribution in [0.5, 0.6) is 0 Å². The van der Waals surface area contributed by atoms with Crippen molar-refractivity contribution in [1.29, 1.82) is 0 Å². The zero-order valence-electron chi connectivity index (χ0n) is 18.3. The molecule has 0 spiro atoms. The molecule has 1 aromatic heterocycles. The van der Waals surface area contributed by atoms with Gasteiger partial charge < -0.3 is 18.9 Å². The Hall–Kier alpha value is -3.06. The molecule has 1 aromatic carbocycles. The standard InChI is InChI=1S/C24H27ClN2O5/c1-30-22(28)17-24(23(29)31-2)16-20(26-32-24)10-6-4-3-5-9-18-11-12-19(25)15-21(18)27-13-7-8-14-27/h5,7-9,11-15H,3-4,6,10,16-17H2,1-2H3/b9-5+. The first-order valence-corrected chi connectivity index (χ1v) is 10.8. The topological polar surface area (TPSA) is 79.1 Å². The second-order valence-corrected chi connectivity index (χ2v) is 8.04. The second kappa shape index (κ2) is 11.0. The molecule has 32 heavy (non-hydrogen) atoms. The van der Waals surface area contributed by atoms with Crippen molar-refractivity contribution in [2.45, 2.75) is 44.1 Å². The molecule has 1 aliphatic heterocycles. The van der Waals surface area contributed by atoms with Gasteiger partial charge in [0, 0.05) is 23.8 Å². The lowest BCUT2D eigenvalue weighted by atomic mass is 9.92. The number of rotatable bonds is 10. The molecule has 0 radical (unpaired) electrons. The third-order valence-electron chi connectivity index (χ3n) is 5.31. The lowest BCUT2D eigenvalue weighted by Crippen LogP contribution is -2.42. The number of allylic oxidation sites excluding steroid dienone is 1.